The molecule has 1 atom stereocenters. The van der Waals surface area contributed by atoms with Crippen LogP contribution in [0.15, 0.2) is 54.6 Å². The molecule has 0 radical (unpaired) electrons. The number of pyridine rings is 1. The second-order valence-corrected chi connectivity index (χ2v) is 8.74. The highest BCUT2D eigenvalue weighted by Crippen LogP contribution is 2.41. The number of anilines is 1. The number of nitrogens with zero attached hydrogens (tertiary/aromatic N) is 1. The fourth-order valence-corrected chi connectivity index (χ4v) is 3.81. The minimum absolute atomic E-state index is 0.00967. The zero-order valence-electron chi connectivity index (χ0n) is 20.2. The number of ether oxygens (including phenoxy) is 3. The molecule has 3 aromatic rings. The molecule has 37 heavy (non-hydrogen) atoms. The number of unbranched alkanes of at least 4 members (excludes halogenated alkanes) is 1. The van der Waals surface area contributed by atoms with E-state index in [9.17, 15) is 18.7 Å². The molecule has 0 spiro atoms. The van der Waals surface area contributed by atoms with Gasteiger partial charge in [0.1, 0.15) is 24.3 Å². The van der Waals surface area contributed by atoms with Crippen LogP contribution >= 0.6 is 0 Å². The zero-order valence-corrected chi connectivity index (χ0v) is 20.2. The Bertz CT molecular complexity index is 1240. The minimum atomic E-state index is -3.63. The Morgan fingerprint density at radius 2 is 1.84 bits per heavy atom. The third-order valence-corrected chi connectivity index (χ3v) is 5.73. The van der Waals surface area contributed by atoms with Gasteiger partial charge in [-0.25, -0.2) is 4.98 Å². The number of rotatable bonds is 11. The van der Waals surface area contributed by atoms with Crippen molar-refractivity contribution in [2.45, 2.75) is 45.0 Å². The predicted molar refractivity (Wildman–Crippen MR) is 132 cm³/mol. The van der Waals surface area contributed by atoms with E-state index in [4.69, 9.17) is 9.84 Å². The van der Waals surface area contributed by atoms with Crippen molar-refractivity contribution in [1.29, 1.82) is 0 Å². The number of alkyl halides is 2. The molecule has 10 heteroatoms. The number of aliphatic hydroxyl groups is 2. The number of aliphatic hydroxyl groups excluding tert-OH is 2. The Kier molecular flexibility index (Phi) is 8.20. The van der Waals surface area contributed by atoms with Crippen LogP contribution in [-0.2, 0) is 11.2 Å². The molecule has 0 fully saturated rings. The molecular weight excluding hydrogens is 486 g/mol. The Morgan fingerprint density at radius 1 is 1.08 bits per heavy atom. The van der Waals surface area contributed by atoms with Gasteiger partial charge in [0.2, 0.25) is 5.91 Å². The lowest BCUT2D eigenvalue weighted by Crippen LogP contribution is -2.25. The molecule has 0 aliphatic carbocycles. The SMILES string of the molecule is Cc1ccc(NC(=O)CCCCc2ccc3c(c2)OC(F)(F)O3)nc1-c1ccc(OC[C@@H](O)CO)cc1. The number of amides is 1. The maximum absolute atomic E-state index is 13.2. The largest absolute Gasteiger partial charge is 0.586 e. The van der Waals surface area contributed by atoms with Crippen molar-refractivity contribution in [3.63, 3.8) is 0 Å². The Morgan fingerprint density at radius 3 is 2.59 bits per heavy atom. The van der Waals surface area contributed by atoms with Crippen LogP contribution in [-0.4, -0.2) is 46.7 Å². The number of aromatic nitrogens is 1. The second kappa shape index (κ2) is 11.5. The second-order valence-electron chi connectivity index (χ2n) is 8.74. The Labute approximate surface area is 212 Å². The van der Waals surface area contributed by atoms with Crippen LogP contribution in [0.2, 0.25) is 0 Å². The van der Waals surface area contributed by atoms with E-state index in [1.807, 2.05) is 25.1 Å². The van der Waals surface area contributed by atoms with Gasteiger partial charge in [0, 0.05) is 12.0 Å². The summed E-state index contributed by atoms with van der Waals surface area (Å²) in [5, 5.41) is 21.1. The van der Waals surface area contributed by atoms with Crippen LogP contribution in [0.4, 0.5) is 14.6 Å². The lowest BCUT2D eigenvalue weighted by molar-refractivity contribution is -0.286. The molecule has 0 bridgehead atoms. The molecule has 0 saturated carbocycles. The number of carbonyl (C=O) groups excluding carboxylic acids is 1. The van der Waals surface area contributed by atoms with Gasteiger partial charge >= 0.3 is 6.29 Å². The van der Waals surface area contributed by atoms with E-state index >= 15 is 0 Å². The van der Waals surface area contributed by atoms with Crippen molar-refractivity contribution in [1.82, 2.24) is 4.98 Å². The molecule has 4 rings (SSSR count). The van der Waals surface area contributed by atoms with E-state index in [1.165, 1.54) is 12.1 Å². The van der Waals surface area contributed by atoms with Crippen LogP contribution in [0.25, 0.3) is 11.3 Å². The zero-order chi connectivity index (χ0) is 26.4. The Hall–Kier alpha value is -3.76. The highest BCUT2D eigenvalue weighted by Gasteiger charge is 2.43. The van der Waals surface area contributed by atoms with Gasteiger partial charge in [-0.15, -0.1) is 8.78 Å². The molecule has 1 aliphatic heterocycles. The molecule has 2 aromatic carbocycles. The normalized spacial score (nSPS) is 14.3. The van der Waals surface area contributed by atoms with Crippen LogP contribution in [0.3, 0.4) is 0 Å². The van der Waals surface area contributed by atoms with Gasteiger partial charge in [0.05, 0.1) is 12.3 Å². The van der Waals surface area contributed by atoms with Crippen molar-refractivity contribution in [2.24, 2.45) is 0 Å². The van der Waals surface area contributed by atoms with Crippen molar-refractivity contribution in [3.05, 3.63) is 65.7 Å². The molecule has 2 heterocycles. The van der Waals surface area contributed by atoms with Gasteiger partial charge in [0.15, 0.2) is 11.5 Å². The summed E-state index contributed by atoms with van der Waals surface area (Å²) in [5.74, 6) is 0.856. The maximum atomic E-state index is 13.2. The number of hydrogen-bond donors (Lipinski definition) is 3. The maximum Gasteiger partial charge on any atom is 0.586 e. The van der Waals surface area contributed by atoms with Crippen molar-refractivity contribution >= 4 is 11.7 Å². The standard InChI is InChI=1S/C27H28F2N2O6/c1-17-6-13-24(31-26(17)19-8-10-21(11-9-19)35-16-20(33)15-32)30-25(34)5-3-2-4-18-7-12-22-23(14-18)37-27(28,29)36-22/h6-14,20,32-33H,2-5,15-16H2,1H3,(H,30,31,34)/t20-/m0/s1. The summed E-state index contributed by atoms with van der Waals surface area (Å²) in [6.45, 7) is 1.54. The van der Waals surface area contributed by atoms with Gasteiger partial charge in [-0.1, -0.05) is 12.1 Å². The minimum Gasteiger partial charge on any atom is -0.491 e. The lowest BCUT2D eigenvalue weighted by Gasteiger charge is -2.12. The van der Waals surface area contributed by atoms with Crippen LogP contribution < -0.4 is 19.5 Å². The highest BCUT2D eigenvalue weighted by molar-refractivity contribution is 5.90. The third-order valence-electron chi connectivity index (χ3n) is 5.73. The van der Waals surface area contributed by atoms with Gasteiger partial charge in [-0.05, 0) is 79.8 Å². The third kappa shape index (κ3) is 7.14. The van der Waals surface area contributed by atoms with E-state index < -0.39 is 12.4 Å². The molecule has 1 aromatic heterocycles. The number of halogens is 2. The first kappa shape index (κ1) is 26.3. The topological polar surface area (TPSA) is 110 Å². The number of fused-ring (bicyclic) bond motifs is 1. The summed E-state index contributed by atoms with van der Waals surface area (Å²) in [7, 11) is 0. The Balaban J connectivity index is 1.26. The van der Waals surface area contributed by atoms with Crippen LogP contribution in [0.1, 0.15) is 30.4 Å². The van der Waals surface area contributed by atoms with E-state index in [-0.39, 0.29) is 30.6 Å². The fraction of sp³-hybridized carbons (Fsp3) is 0.333. The number of aryl methyl sites for hydroxylation is 2. The highest BCUT2D eigenvalue weighted by atomic mass is 19.3. The fourth-order valence-electron chi connectivity index (χ4n) is 3.81. The molecule has 1 amide bonds. The van der Waals surface area contributed by atoms with Gasteiger partial charge in [-0.3, -0.25) is 4.79 Å². The number of benzene rings is 2. The molecule has 8 nitrogen and oxygen atoms in total. The summed E-state index contributed by atoms with van der Waals surface area (Å²) in [6.07, 6.45) is -2.36. The van der Waals surface area contributed by atoms with Crippen molar-refractivity contribution in [3.8, 4) is 28.5 Å². The van der Waals surface area contributed by atoms with Crippen molar-refractivity contribution in [2.75, 3.05) is 18.5 Å². The van der Waals surface area contributed by atoms with Crippen molar-refractivity contribution < 1.29 is 38.0 Å². The molecule has 1 aliphatic rings. The van der Waals surface area contributed by atoms with E-state index in [2.05, 4.69) is 19.8 Å². The quantitative estimate of drug-likeness (QED) is 0.324. The van der Waals surface area contributed by atoms with E-state index in [1.54, 1.807) is 24.3 Å². The molecule has 196 valence electrons. The summed E-state index contributed by atoms with van der Waals surface area (Å²) >= 11 is 0. The predicted octanol–water partition coefficient (Wildman–Crippen LogP) is 4.46. The monoisotopic (exact) mass is 514 g/mol. The first-order valence-electron chi connectivity index (χ1n) is 11.9. The summed E-state index contributed by atoms with van der Waals surface area (Å²) in [6, 6.07) is 15.5. The smallest absolute Gasteiger partial charge is 0.491 e. The van der Waals surface area contributed by atoms with Gasteiger partial charge in [-0.2, -0.15) is 0 Å². The van der Waals surface area contributed by atoms with E-state index in [0.29, 0.717) is 42.9 Å². The summed E-state index contributed by atoms with van der Waals surface area (Å²) in [5.41, 5.74) is 3.31. The van der Waals surface area contributed by atoms with E-state index in [0.717, 1.165) is 16.7 Å². The van der Waals surface area contributed by atoms with Crippen LogP contribution in [0, 0.1) is 6.92 Å². The molecular formula is C27H28F2N2O6. The average Bonchev–Trinajstić information content (AvgIpc) is 3.19. The first-order chi connectivity index (χ1) is 17.7. The number of carbonyl (C=O) groups is 1. The van der Waals surface area contributed by atoms with Crippen LogP contribution in [0.5, 0.6) is 17.2 Å². The molecule has 3 N–H and O–H groups in total. The number of hydrogen-bond acceptors (Lipinski definition) is 7. The molecule has 0 saturated heterocycles. The molecule has 0 unspecified atom stereocenters. The summed E-state index contributed by atoms with van der Waals surface area (Å²) < 4.78 is 40.6. The van der Waals surface area contributed by atoms with Gasteiger partial charge in [0.25, 0.3) is 0 Å². The lowest BCUT2D eigenvalue weighted by atomic mass is 10.1. The first-order valence-corrected chi connectivity index (χ1v) is 11.9. The van der Waals surface area contributed by atoms with Gasteiger partial charge < -0.3 is 29.7 Å². The number of nitrogens with one attached hydrogen (secondary N) is 1. The summed E-state index contributed by atoms with van der Waals surface area (Å²) in [4.78, 5) is 17.0. The average molecular weight is 515 g/mol.